The van der Waals surface area contributed by atoms with Gasteiger partial charge in [-0.05, 0) is 36.9 Å². The Morgan fingerprint density at radius 1 is 1.17 bits per heavy atom. The van der Waals surface area contributed by atoms with Gasteiger partial charge >= 0.3 is 0 Å². The standard InChI is InChI=1S/C23H28N2O4/c1-27-16-8-14-15(9-17(16)28-2)25-20(26)10-18-21-13-7-19-23(14,22(21)25)4-5-24(19)11-12(13)3-6-29-18/h3,8-9,13,18-22,26H,4-7,10-11H2,1-2H3/t13-,18+,19-,20-,21+,22-,23-/m0/s1. The van der Waals surface area contributed by atoms with Gasteiger partial charge in [0.1, 0.15) is 6.23 Å². The first kappa shape index (κ1) is 17.0. The molecule has 6 nitrogen and oxygen atoms in total. The monoisotopic (exact) mass is 396 g/mol. The van der Waals surface area contributed by atoms with E-state index in [-0.39, 0.29) is 17.6 Å². The number of nitrogens with zero attached hydrogens (tertiary/aromatic N) is 2. The van der Waals surface area contributed by atoms with Crippen LogP contribution in [-0.2, 0) is 10.2 Å². The fourth-order valence-electron chi connectivity index (χ4n) is 8.05. The lowest BCUT2D eigenvalue weighted by molar-refractivity contribution is -0.0910. The van der Waals surface area contributed by atoms with Crippen molar-refractivity contribution in [3.63, 3.8) is 0 Å². The Balaban J connectivity index is 1.51. The third kappa shape index (κ3) is 1.81. The average molecular weight is 396 g/mol. The van der Waals surface area contributed by atoms with E-state index in [4.69, 9.17) is 14.2 Å². The number of methoxy groups -OCH3 is 2. The number of benzene rings is 1. The summed E-state index contributed by atoms with van der Waals surface area (Å²) in [6.07, 6.45) is 4.98. The number of aliphatic hydroxyl groups excluding tert-OH is 1. The maximum absolute atomic E-state index is 11.3. The van der Waals surface area contributed by atoms with Gasteiger partial charge in [0, 0.05) is 48.1 Å². The normalized spacial score (nSPS) is 43.6. The van der Waals surface area contributed by atoms with E-state index >= 15 is 0 Å². The zero-order valence-corrected chi connectivity index (χ0v) is 17.0. The Labute approximate surface area is 171 Å². The minimum Gasteiger partial charge on any atom is -0.493 e. The molecular weight excluding hydrogens is 368 g/mol. The number of hydrogen-bond donors (Lipinski definition) is 1. The fraction of sp³-hybridized carbons (Fsp3) is 0.652. The highest BCUT2D eigenvalue weighted by Gasteiger charge is 2.71. The summed E-state index contributed by atoms with van der Waals surface area (Å²) in [6.45, 7) is 2.90. The molecule has 7 rings (SSSR count). The summed E-state index contributed by atoms with van der Waals surface area (Å²) in [5.41, 5.74) is 4.10. The molecule has 0 radical (unpaired) electrons. The van der Waals surface area contributed by atoms with Gasteiger partial charge in [-0.3, -0.25) is 4.90 Å². The second-order valence-electron chi connectivity index (χ2n) is 9.64. The van der Waals surface area contributed by atoms with Crippen LogP contribution in [0.2, 0.25) is 0 Å². The number of rotatable bonds is 2. The van der Waals surface area contributed by atoms with Crippen molar-refractivity contribution in [3.05, 3.63) is 29.3 Å². The van der Waals surface area contributed by atoms with Crippen molar-refractivity contribution >= 4 is 5.69 Å². The molecular formula is C23H28N2O4. The molecule has 1 saturated carbocycles. The molecule has 5 heterocycles. The molecule has 1 aromatic rings. The van der Waals surface area contributed by atoms with Crippen LogP contribution in [0.1, 0.15) is 24.8 Å². The van der Waals surface area contributed by atoms with Gasteiger partial charge in [-0.2, -0.15) is 0 Å². The molecule has 6 heteroatoms. The van der Waals surface area contributed by atoms with E-state index in [1.54, 1.807) is 19.8 Å². The average Bonchev–Trinajstić information content (AvgIpc) is 3.20. The Morgan fingerprint density at radius 2 is 2.00 bits per heavy atom. The van der Waals surface area contributed by atoms with Crippen molar-refractivity contribution < 1.29 is 19.3 Å². The lowest BCUT2D eigenvalue weighted by atomic mass is 9.53. The van der Waals surface area contributed by atoms with Crippen molar-refractivity contribution in [1.82, 2.24) is 4.90 Å². The fourth-order valence-corrected chi connectivity index (χ4v) is 8.05. The van der Waals surface area contributed by atoms with Crippen LogP contribution in [0.4, 0.5) is 5.69 Å². The third-order valence-electron chi connectivity index (χ3n) is 8.97. The molecule has 154 valence electrons. The Kier molecular flexibility index (Phi) is 3.21. The molecule has 4 fully saturated rings. The maximum Gasteiger partial charge on any atom is 0.162 e. The minimum atomic E-state index is -0.521. The molecule has 5 aliphatic heterocycles. The van der Waals surface area contributed by atoms with Crippen LogP contribution in [0.5, 0.6) is 11.5 Å². The highest BCUT2D eigenvalue weighted by molar-refractivity contribution is 5.72. The molecule has 6 aliphatic rings. The predicted molar refractivity (Wildman–Crippen MR) is 108 cm³/mol. The smallest absolute Gasteiger partial charge is 0.162 e. The van der Waals surface area contributed by atoms with Crippen molar-refractivity contribution in [3.8, 4) is 11.5 Å². The highest BCUT2D eigenvalue weighted by Crippen LogP contribution is 2.67. The lowest BCUT2D eigenvalue weighted by Gasteiger charge is -2.60. The lowest BCUT2D eigenvalue weighted by Crippen LogP contribution is -2.70. The number of hydrogen-bond acceptors (Lipinski definition) is 6. The number of piperidine rings is 2. The first-order valence-electron chi connectivity index (χ1n) is 10.9. The number of fused-ring (bicyclic) bond motifs is 2. The molecule has 0 amide bonds. The van der Waals surface area contributed by atoms with E-state index in [0.29, 0.717) is 30.9 Å². The van der Waals surface area contributed by atoms with Crippen LogP contribution in [0.3, 0.4) is 0 Å². The van der Waals surface area contributed by atoms with E-state index in [1.165, 1.54) is 12.0 Å². The highest BCUT2D eigenvalue weighted by atomic mass is 16.5. The SMILES string of the molecule is COc1cc2c(cc1OC)[C@]13CCN4CC5=CCO[C@@H]6C[C@H](O)N2[C@H]1[C@@H]6[C@H]5C[C@H]43. The van der Waals surface area contributed by atoms with Crippen molar-refractivity contribution in [1.29, 1.82) is 0 Å². The summed E-state index contributed by atoms with van der Waals surface area (Å²) in [4.78, 5) is 5.03. The van der Waals surface area contributed by atoms with Gasteiger partial charge in [0.2, 0.25) is 0 Å². The summed E-state index contributed by atoms with van der Waals surface area (Å²) >= 11 is 0. The predicted octanol–water partition coefficient (Wildman–Crippen LogP) is 1.90. The van der Waals surface area contributed by atoms with Crippen LogP contribution in [0.25, 0.3) is 0 Å². The van der Waals surface area contributed by atoms with Gasteiger partial charge in [0.05, 0.1) is 26.9 Å². The molecule has 0 unspecified atom stereocenters. The quantitative estimate of drug-likeness (QED) is 0.771. The molecule has 1 N–H and O–H groups in total. The molecule has 1 spiro atoms. The van der Waals surface area contributed by atoms with Gasteiger partial charge in [-0.25, -0.2) is 0 Å². The zero-order chi connectivity index (χ0) is 19.5. The Hall–Kier alpha value is -1.76. The Morgan fingerprint density at radius 3 is 2.83 bits per heavy atom. The summed E-state index contributed by atoms with van der Waals surface area (Å²) < 4.78 is 17.7. The van der Waals surface area contributed by atoms with E-state index in [2.05, 4.69) is 28.0 Å². The van der Waals surface area contributed by atoms with Gasteiger partial charge in [0.15, 0.2) is 11.5 Å². The number of ether oxygens (including phenoxy) is 3. The molecule has 2 bridgehead atoms. The van der Waals surface area contributed by atoms with Gasteiger partial charge in [-0.15, -0.1) is 0 Å². The molecule has 1 aromatic carbocycles. The number of anilines is 1. The third-order valence-corrected chi connectivity index (χ3v) is 8.97. The summed E-state index contributed by atoms with van der Waals surface area (Å²) in [5.74, 6) is 2.55. The molecule has 0 aromatic heterocycles. The first-order valence-corrected chi connectivity index (χ1v) is 10.9. The maximum atomic E-state index is 11.3. The van der Waals surface area contributed by atoms with Crippen LogP contribution in [0, 0.1) is 11.8 Å². The number of aliphatic hydroxyl groups is 1. The largest absolute Gasteiger partial charge is 0.493 e. The van der Waals surface area contributed by atoms with E-state index in [9.17, 15) is 5.11 Å². The second-order valence-corrected chi connectivity index (χ2v) is 9.64. The topological polar surface area (TPSA) is 54.4 Å². The van der Waals surface area contributed by atoms with Gasteiger partial charge in [-0.1, -0.05) is 11.6 Å². The van der Waals surface area contributed by atoms with Crippen LogP contribution >= 0.6 is 0 Å². The van der Waals surface area contributed by atoms with Crippen molar-refractivity contribution in [2.45, 2.75) is 49.1 Å². The van der Waals surface area contributed by atoms with Crippen molar-refractivity contribution in [2.24, 2.45) is 11.8 Å². The minimum absolute atomic E-state index is 0.0366. The van der Waals surface area contributed by atoms with Crippen molar-refractivity contribution in [2.75, 3.05) is 38.8 Å². The second kappa shape index (κ2) is 5.48. The molecule has 29 heavy (non-hydrogen) atoms. The van der Waals surface area contributed by atoms with Crippen LogP contribution in [0.15, 0.2) is 23.8 Å². The summed E-state index contributed by atoms with van der Waals surface area (Å²) in [5, 5.41) is 11.3. The molecule has 7 atom stereocenters. The van der Waals surface area contributed by atoms with Crippen LogP contribution < -0.4 is 14.4 Å². The van der Waals surface area contributed by atoms with E-state index in [0.717, 1.165) is 36.7 Å². The van der Waals surface area contributed by atoms with E-state index in [1.807, 2.05) is 0 Å². The van der Waals surface area contributed by atoms with Gasteiger partial charge in [0.25, 0.3) is 0 Å². The first-order chi connectivity index (χ1) is 14.2. The molecule has 1 aliphatic carbocycles. The van der Waals surface area contributed by atoms with Gasteiger partial charge < -0.3 is 24.2 Å². The van der Waals surface area contributed by atoms with Crippen LogP contribution in [-0.4, -0.2) is 68.3 Å². The Bertz CT molecular complexity index is 932. The summed E-state index contributed by atoms with van der Waals surface area (Å²) in [7, 11) is 3.40. The zero-order valence-electron chi connectivity index (χ0n) is 17.0. The molecule has 3 saturated heterocycles. The van der Waals surface area contributed by atoms with E-state index < -0.39 is 6.23 Å². The summed E-state index contributed by atoms with van der Waals surface area (Å²) in [6, 6.07) is 5.11.